The van der Waals surface area contributed by atoms with Crippen molar-refractivity contribution in [3.05, 3.63) is 22.7 Å². The molecule has 1 heterocycles. The molecule has 1 amide bonds. The second kappa shape index (κ2) is 9.20. The Morgan fingerprint density at radius 2 is 2.10 bits per heavy atom. The van der Waals surface area contributed by atoms with E-state index in [2.05, 4.69) is 26.3 Å². The molecule has 2 aliphatic rings. The Balaban J connectivity index is 1.78. The molecule has 10 heteroatoms. The van der Waals surface area contributed by atoms with Crippen LogP contribution in [0.4, 0.5) is 5.69 Å². The van der Waals surface area contributed by atoms with E-state index in [0.29, 0.717) is 14.5 Å². The number of nitrogens with zero attached hydrogens (tertiary/aromatic N) is 3. The summed E-state index contributed by atoms with van der Waals surface area (Å²) in [6.07, 6.45) is 6.06. The number of rotatable bonds is 5. The predicted octanol–water partition coefficient (Wildman–Crippen LogP) is 4.22. The van der Waals surface area contributed by atoms with E-state index in [4.69, 9.17) is 12.2 Å². The number of nitrogens with one attached hydrogen (secondary N) is 1. The first-order valence-corrected chi connectivity index (χ1v) is 11.5. The number of amides is 1. The number of halogens is 1. The highest BCUT2D eigenvalue weighted by Gasteiger charge is 2.49. The van der Waals surface area contributed by atoms with Crippen molar-refractivity contribution in [3.63, 3.8) is 0 Å². The molecule has 1 atom stereocenters. The van der Waals surface area contributed by atoms with Crippen molar-refractivity contribution < 1.29 is 15.1 Å². The molecular weight excluding hydrogens is 476 g/mol. The Morgan fingerprint density at radius 1 is 1.41 bits per heavy atom. The average Bonchev–Trinajstić information content (AvgIpc) is 2.88. The van der Waals surface area contributed by atoms with Crippen molar-refractivity contribution >= 4 is 62.0 Å². The molecule has 1 aromatic carbocycles. The molecule has 0 aromatic heterocycles. The summed E-state index contributed by atoms with van der Waals surface area (Å²) < 4.78 is 0.494. The maximum atomic E-state index is 12.3. The van der Waals surface area contributed by atoms with Crippen molar-refractivity contribution in [2.24, 2.45) is 5.10 Å². The molecule has 1 unspecified atom stereocenters. The van der Waals surface area contributed by atoms with Crippen molar-refractivity contribution in [1.82, 2.24) is 10.3 Å². The second-order valence-electron chi connectivity index (χ2n) is 7.76. The maximum absolute atomic E-state index is 12.3. The molecule has 0 spiro atoms. The third kappa shape index (κ3) is 5.22. The SMILES string of the molecule is CC1(C)SC(=S)N(N=CC(=O)NC2CCCCC2)C1N(O)c1ccc(O)cc1Br. The Kier molecular flexibility index (Phi) is 7.08. The number of hydrogen-bond donors (Lipinski definition) is 3. The predicted molar refractivity (Wildman–Crippen MR) is 123 cm³/mol. The average molecular weight is 501 g/mol. The molecule has 29 heavy (non-hydrogen) atoms. The summed E-state index contributed by atoms with van der Waals surface area (Å²) >= 11 is 10.2. The van der Waals surface area contributed by atoms with Gasteiger partial charge in [-0.25, -0.2) is 10.1 Å². The molecule has 1 aromatic rings. The topological polar surface area (TPSA) is 88.4 Å². The lowest BCUT2D eigenvalue weighted by molar-refractivity contribution is -0.115. The van der Waals surface area contributed by atoms with Crippen LogP contribution in [-0.2, 0) is 4.79 Å². The van der Waals surface area contributed by atoms with Gasteiger partial charge in [-0.2, -0.15) is 5.10 Å². The molecule has 1 aliphatic carbocycles. The summed E-state index contributed by atoms with van der Waals surface area (Å²) in [6, 6.07) is 4.77. The van der Waals surface area contributed by atoms with Crippen LogP contribution in [-0.4, -0.2) is 48.7 Å². The molecular formula is C19H25BrN4O3S2. The van der Waals surface area contributed by atoms with Gasteiger partial charge in [0.25, 0.3) is 5.91 Å². The molecule has 1 saturated carbocycles. The number of phenolic OH excluding ortho intramolecular Hbond substituents is 1. The summed E-state index contributed by atoms with van der Waals surface area (Å²) in [4.78, 5) is 12.3. The zero-order chi connectivity index (χ0) is 21.2. The van der Waals surface area contributed by atoms with E-state index >= 15 is 0 Å². The molecule has 0 radical (unpaired) electrons. The van der Waals surface area contributed by atoms with Gasteiger partial charge in [-0.15, -0.1) is 0 Å². The Hall–Kier alpha value is -1.36. The van der Waals surface area contributed by atoms with Crippen LogP contribution in [0.15, 0.2) is 27.8 Å². The summed E-state index contributed by atoms with van der Waals surface area (Å²) in [7, 11) is 0. The van der Waals surface area contributed by atoms with E-state index in [9.17, 15) is 15.1 Å². The molecule has 158 valence electrons. The minimum Gasteiger partial charge on any atom is -0.508 e. The smallest absolute Gasteiger partial charge is 0.264 e. The van der Waals surface area contributed by atoms with Crippen LogP contribution in [0.1, 0.15) is 46.0 Å². The van der Waals surface area contributed by atoms with E-state index in [-0.39, 0.29) is 17.7 Å². The van der Waals surface area contributed by atoms with Gasteiger partial charge in [0.15, 0.2) is 10.5 Å². The van der Waals surface area contributed by atoms with Crippen molar-refractivity contribution in [1.29, 1.82) is 0 Å². The van der Waals surface area contributed by atoms with Crippen LogP contribution in [0.2, 0.25) is 0 Å². The van der Waals surface area contributed by atoms with E-state index in [1.165, 1.54) is 41.5 Å². The second-order valence-corrected chi connectivity index (χ2v) is 10.9. The van der Waals surface area contributed by atoms with Gasteiger partial charge in [-0.3, -0.25) is 10.0 Å². The Labute approximate surface area is 188 Å². The van der Waals surface area contributed by atoms with E-state index in [1.54, 1.807) is 6.07 Å². The molecule has 3 rings (SSSR count). The molecule has 0 bridgehead atoms. The standard InChI is InChI=1S/C19H25BrN4O3S2/c1-19(2)17(24(27)15-9-8-13(25)10-14(15)20)23(18(28)29-19)21-11-16(26)22-12-6-4-3-5-7-12/h8-12,17,25,27H,3-7H2,1-2H3,(H,22,26). The summed E-state index contributed by atoms with van der Waals surface area (Å²) in [5.41, 5.74) is 0.457. The quantitative estimate of drug-likeness (QED) is 0.316. The number of hydroxylamine groups is 1. The highest BCUT2D eigenvalue weighted by molar-refractivity contribution is 9.10. The number of hydrogen-bond acceptors (Lipinski definition) is 7. The summed E-state index contributed by atoms with van der Waals surface area (Å²) in [6.45, 7) is 3.90. The third-order valence-corrected chi connectivity index (χ3v) is 7.22. The van der Waals surface area contributed by atoms with Crippen LogP contribution in [0, 0.1) is 0 Å². The van der Waals surface area contributed by atoms with Gasteiger partial charge < -0.3 is 10.4 Å². The van der Waals surface area contributed by atoms with Gasteiger partial charge in [-0.05, 0) is 60.8 Å². The fourth-order valence-corrected chi connectivity index (χ4v) is 5.98. The monoisotopic (exact) mass is 500 g/mol. The van der Waals surface area contributed by atoms with Gasteiger partial charge in [-0.1, -0.05) is 43.2 Å². The third-order valence-electron chi connectivity index (χ3n) is 5.05. The van der Waals surface area contributed by atoms with Crippen molar-refractivity contribution in [3.8, 4) is 5.75 Å². The molecule has 1 saturated heterocycles. The van der Waals surface area contributed by atoms with Crippen LogP contribution >= 0.6 is 39.9 Å². The number of carbonyl (C=O) groups is 1. The number of benzene rings is 1. The van der Waals surface area contributed by atoms with Crippen LogP contribution < -0.4 is 10.4 Å². The number of carbonyl (C=O) groups excluding carboxylic acids is 1. The molecule has 1 aliphatic heterocycles. The van der Waals surface area contributed by atoms with Gasteiger partial charge >= 0.3 is 0 Å². The van der Waals surface area contributed by atoms with E-state index < -0.39 is 10.9 Å². The van der Waals surface area contributed by atoms with E-state index in [0.717, 1.165) is 30.7 Å². The van der Waals surface area contributed by atoms with Gasteiger partial charge in [0, 0.05) is 10.5 Å². The van der Waals surface area contributed by atoms with Crippen LogP contribution in [0.5, 0.6) is 5.75 Å². The van der Waals surface area contributed by atoms with Gasteiger partial charge in [0.2, 0.25) is 0 Å². The normalized spacial score (nSPS) is 22.3. The first-order chi connectivity index (χ1) is 13.7. The maximum Gasteiger partial charge on any atom is 0.264 e. The lowest BCUT2D eigenvalue weighted by Gasteiger charge is -2.36. The van der Waals surface area contributed by atoms with Crippen molar-refractivity contribution in [2.45, 2.75) is 62.9 Å². The zero-order valence-corrected chi connectivity index (χ0v) is 19.6. The zero-order valence-electron chi connectivity index (χ0n) is 16.3. The number of aromatic hydroxyl groups is 1. The van der Waals surface area contributed by atoms with Crippen LogP contribution in [0.3, 0.4) is 0 Å². The summed E-state index contributed by atoms with van der Waals surface area (Å²) in [5, 5.41) is 30.5. The Bertz CT molecular complexity index is 815. The minimum absolute atomic E-state index is 0.0823. The highest BCUT2D eigenvalue weighted by atomic mass is 79.9. The van der Waals surface area contributed by atoms with Gasteiger partial charge in [0.05, 0.1) is 10.4 Å². The largest absolute Gasteiger partial charge is 0.508 e. The van der Waals surface area contributed by atoms with E-state index in [1.807, 2.05) is 13.8 Å². The number of phenols is 1. The number of hydrazone groups is 1. The lowest BCUT2D eigenvalue weighted by atomic mass is 9.95. The minimum atomic E-state index is -0.639. The van der Waals surface area contributed by atoms with Crippen molar-refractivity contribution in [2.75, 3.05) is 5.06 Å². The van der Waals surface area contributed by atoms with Gasteiger partial charge in [0.1, 0.15) is 12.0 Å². The number of anilines is 1. The molecule has 7 nitrogen and oxygen atoms in total. The van der Waals surface area contributed by atoms with Crippen LogP contribution in [0.25, 0.3) is 0 Å². The number of thiocarbonyl (C=S) groups is 1. The first-order valence-electron chi connectivity index (χ1n) is 9.52. The highest BCUT2D eigenvalue weighted by Crippen LogP contribution is 2.44. The lowest BCUT2D eigenvalue weighted by Crippen LogP contribution is -2.51. The summed E-state index contributed by atoms with van der Waals surface area (Å²) in [5.74, 6) is -0.178. The Morgan fingerprint density at radius 3 is 2.76 bits per heavy atom. The first kappa shape index (κ1) is 22.3. The number of thioether (sulfide) groups is 1. The molecule has 3 N–H and O–H groups in total. The fourth-order valence-electron chi connectivity index (χ4n) is 3.64. The molecule has 2 fully saturated rings. The fraction of sp³-hybridized carbons (Fsp3) is 0.526.